The first-order valence-corrected chi connectivity index (χ1v) is 10.3. The van der Waals surface area contributed by atoms with E-state index < -0.39 is 27.4 Å². The van der Waals surface area contributed by atoms with Crippen molar-refractivity contribution in [3.05, 3.63) is 58.1 Å². The highest BCUT2D eigenvalue weighted by atomic mass is 32.2. The van der Waals surface area contributed by atoms with Crippen LogP contribution >= 0.6 is 0 Å². The van der Waals surface area contributed by atoms with Crippen LogP contribution in [0.4, 0.5) is 11.4 Å². The summed E-state index contributed by atoms with van der Waals surface area (Å²) < 4.78 is 35.4. The fourth-order valence-corrected chi connectivity index (χ4v) is 3.36. The molecule has 1 amide bonds. The lowest BCUT2D eigenvalue weighted by molar-refractivity contribution is -0.384. The molecule has 2 aromatic rings. The minimum atomic E-state index is -3.89. The van der Waals surface area contributed by atoms with Crippen molar-refractivity contribution in [1.29, 1.82) is 0 Å². The number of hydrogen-bond acceptors (Lipinski definition) is 8. The van der Waals surface area contributed by atoms with Crippen LogP contribution in [0.25, 0.3) is 0 Å². The van der Waals surface area contributed by atoms with E-state index in [-0.39, 0.29) is 11.4 Å². The minimum absolute atomic E-state index is 0.0136. The number of hydrazone groups is 1. The number of sulfonamides is 1. The molecule has 0 heterocycles. The summed E-state index contributed by atoms with van der Waals surface area (Å²) in [5, 5.41) is 14.8. The second kappa shape index (κ2) is 9.69. The molecule has 0 bridgehead atoms. The summed E-state index contributed by atoms with van der Waals surface area (Å²) in [6.07, 6.45) is 2.21. The Morgan fingerprint density at radius 3 is 2.53 bits per heavy atom. The number of carbonyl (C=O) groups excluding carboxylic acids is 1. The molecule has 12 heteroatoms. The zero-order valence-electron chi connectivity index (χ0n) is 16.4. The SMILES string of the molecule is COc1cccc(C=NNC(=O)CN(c2cccc([N+](=O)[O-])c2)S(C)(=O)=O)c1OC. The number of nitro benzene ring substituents is 1. The van der Waals surface area contributed by atoms with Gasteiger partial charge in [0.1, 0.15) is 6.54 Å². The largest absolute Gasteiger partial charge is 0.493 e. The lowest BCUT2D eigenvalue weighted by Gasteiger charge is -2.21. The summed E-state index contributed by atoms with van der Waals surface area (Å²) in [4.78, 5) is 22.5. The molecular weight excluding hydrogens is 416 g/mol. The van der Waals surface area contributed by atoms with Gasteiger partial charge in [0, 0.05) is 17.7 Å². The molecule has 0 aliphatic carbocycles. The number of ether oxygens (including phenoxy) is 2. The van der Waals surface area contributed by atoms with E-state index in [2.05, 4.69) is 10.5 Å². The molecule has 2 rings (SSSR count). The van der Waals surface area contributed by atoms with Gasteiger partial charge in [0.15, 0.2) is 11.5 Å². The van der Waals surface area contributed by atoms with Gasteiger partial charge in [0.25, 0.3) is 11.6 Å². The van der Waals surface area contributed by atoms with Gasteiger partial charge in [-0.2, -0.15) is 5.10 Å². The number of nitrogens with zero attached hydrogens (tertiary/aromatic N) is 3. The third-order valence-electron chi connectivity index (χ3n) is 3.84. The highest BCUT2D eigenvalue weighted by molar-refractivity contribution is 7.92. The second-order valence-electron chi connectivity index (χ2n) is 5.92. The van der Waals surface area contributed by atoms with E-state index in [1.165, 1.54) is 38.6 Å². The van der Waals surface area contributed by atoms with Gasteiger partial charge in [-0.1, -0.05) is 12.1 Å². The summed E-state index contributed by atoms with van der Waals surface area (Å²) in [5.41, 5.74) is 2.43. The maximum Gasteiger partial charge on any atom is 0.271 e. The van der Waals surface area contributed by atoms with E-state index >= 15 is 0 Å². The summed E-state index contributed by atoms with van der Waals surface area (Å²) in [6, 6.07) is 10.1. The highest BCUT2D eigenvalue weighted by Crippen LogP contribution is 2.29. The quantitative estimate of drug-likeness (QED) is 0.357. The van der Waals surface area contributed by atoms with Crippen LogP contribution in [0.5, 0.6) is 11.5 Å². The van der Waals surface area contributed by atoms with Crippen molar-refractivity contribution in [3.63, 3.8) is 0 Å². The first-order valence-electron chi connectivity index (χ1n) is 8.42. The molecule has 1 N–H and O–H groups in total. The van der Waals surface area contributed by atoms with Crippen molar-refractivity contribution >= 4 is 33.5 Å². The molecule has 0 atom stereocenters. The fraction of sp³-hybridized carbons (Fsp3) is 0.222. The van der Waals surface area contributed by atoms with Gasteiger partial charge in [-0.15, -0.1) is 0 Å². The number of rotatable bonds is 9. The average Bonchev–Trinajstić information content (AvgIpc) is 2.70. The first kappa shape index (κ1) is 22.6. The molecule has 0 radical (unpaired) electrons. The van der Waals surface area contributed by atoms with Crippen molar-refractivity contribution < 1.29 is 27.6 Å². The zero-order chi connectivity index (χ0) is 22.3. The maximum atomic E-state index is 12.2. The van der Waals surface area contributed by atoms with Gasteiger partial charge in [-0.25, -0.2) is 13.8 Å². The molecule has 2 aromatic carbocycles. The number of methoxy groups -OCH3 is 2. The lowest BCUT2D eigenvalue weighted by atomic mass is 10.2. The van der Waals surface area contributed by atoms with Crippen LogP contribution in [0.15, 0.2) is 47.6 Å². The summed E-state index contributed by atoms with van der Waals surface area (Å²) in [7, 11) is -0.955. The Morgan fingerprint density at radius 1 is 1.23 bits per heavy atom. The number of nitro groups is 1. The van der Waals surface area contributed by atoms with Gasteiger partial charge in [0.05, 0.1) is 37.3 Å². The van der Waals surface area contributed by atoms with Crippen molar-refractivity contribution in [2.75, 3.05) is 31.3 Å². The van der Waals surface area contributed by atoms with Crippen LogP contribution in [0.1, 0.15) is 5.56 Å². The van der Waals surface area contributed by atoms with Crippen LogP contribution in [-0.2, 0) is 14.8 Å². The monoisotopic (exact) mass is 436 g/mol. The molecule has 0 spiro atoms. The molecule has 11 nitrogen and oxygen atoms in total. The molecule has 0 aliphatic rings. The van der Waals surface area contributed by atoms with Crippen LogP contribution in [-0.4, -0.2) is 52.5 Å². The maximum absolute atomic E-state index is 12.2. The molecule has 0 aliphatic heterocycles. The molecule has 0 fully saturated rings. The number of benzene rings is 2. The smallest absolute Gasteiger partial charge is 0.271 e. The summed E-state index contributed by atoms with van der Waals surface area (Å²) >= 11 is 0. The van der Waals surface area contributed by atoms with Crippen LogP contribution < -0.4 is 19.2 Å². The molecule has 0 saturated carbocycles. The van der Waals surface area contributed by atoms with E-state index in [9.17, 15) is 23.3 Å². The Balaban J connectivity index is 2.17. The van der Waals surface area contributed by atoms with Crippen molar-refractivity contribution in [2.24, 2.45) is 5.10 Å². The highest BCUT2D eigenvalue weighted by Gasteiger charge is 2.22. The van der Waals surface area contributed by atoms with E-state index in [1.807, 2.05) is 0 Å². The number of carbonyl (C=O) groups is 1. The number of hydrogen-bond donors (Lipinski definition) is 1. The van der Waals surface area contributed by atoms with Crippen molar-refractivity contribution in [3.8, 4) is 11.5 Å². The average molecular weight is 436 g/mol. The second-order valence-corrected chi connectivity index (χ2v) is 7.83. The Bertz CT molecular complexity index is 1070. The molecule has 30 heavy (non-hydrogen) atoms. The lowest BCUT2D eigenvalue weighted by Crippen LogP contribution is -2.39. The molecule has 0 unspecified atom stereocenters. The Kier molecular flexibility index (Phi) is 7.31. The number of amides is 1. The predicted octanol–water partition coefficient (Wildman–Crippen LogP) is 1.53. The number of para-hydroxylation sites is 1. The third kappa shape index (κ3) is 5.67. The van der Waals surface area contributed by atoms with Crippen molar-refractivity contribution in [1.82, 2.24) is 5.43 Å². The van der Waals surface area contributed by atoms with Crippen molar-refractivity contribution in [2.45, 2.75) is 0 Å². The van der Waals surface area contributed by atoms with Gasteiger partial charge in [0.2, 0.25) is 10.0 Å². The summed E-state index contributed by atoms with van der Waals surface area (Å²) in [6.45, 7) is -0.618. The number of non-ortho nitro benzene ring substituents is 1. The Hall–Kier alpha value is -3.67. The molecule has 0 aromatic heterocycles. The minimum Gasteiger partial charge on any atom is -0.493 e. The summed E-state index contributed by atoms with van der Waals surface area (Å²) in [5.74, 6) is 0.138. The zero-order valence-corrected chi connectivity index (χ0v) is 17.3. The topological polar surface area (TPSA) is 140 Å². The Morgan fingerprint density at radius 2 is 1.93 bits per heavy atom. The number of nitrogens with one attached hydrogen (secondary N) is 1. The number of anilines is 1. The van der Waals surface area contributed by atoms with Crippen LogP contribution in [0, 0.1) is 10.1 Å². The van der Waals surface area contributed by atoms with E-state index in [4.69, 9.17) is 9.47 Å². The molecule has 160 valence electrons. The Labute approximate surface area is 173 Å². The van der Waals surface area contributed by atoms with Gasteiger partial charge in [-0.3, -0.25) is 19.2 Å². The van der Waals surface area contributed by atoms with Gasteiger partial charge in [-0.05, 0) is 18.2 Å². The molecule has 0 saturated heterocycles. The predicted molar refractivity (Wildman–Crippen MR) is 111 cm³/mol. The van der Waals surface area contributed by atoms with E-state index in [0.717, 1.165) is 16.6 Å². The van der Waals surface area contributed by atoms with Crippen LogP contribution in [0.2, 0.25) is 0 Å². The van der Waals surface area contributed by atoms with Crippen LogP contribution in [0.3, 0.4) is 0 Å². The van der Waals surface area contributed by atoms with Gasteiger partial charge < -0.3 is 9.47 Å². The van der Waals surface area contributed by atoms with E-state index in [0.29, 0.717) is 17.1 Å². The fourth-order valence-electron chi connectivity index (χ4n) is 2.51. The molecular formula is C18H20N4O7S. The third-order valence-corrected chi connectivity index (χ3v) is 4.98. The van der Waals surface area contributed by atoms with Gasteiger partial charge >= 0.3 is 0 Å². The van der Waals surface area contributed by atoms with E-state index in [1.54, 1.807) is 18.2 Å². The first-order chi connectivity index (χ1) is 14.2. The normalized spacial score (nSPS) is 11.2. The standard InChI is InChI=1S/C18H20N4O7S/c1-28-16-9-4-6-13(18(16)29-2)11-19-20-17(23)12-21(30(3,26)27)14-7-5-8-15(10-14)22(24)25/h4-11H,12H2,1-3H3,(H,20,23).